The SMILES string of the molecule is COc1cccc(NC(=O)c2ccc3nnc(C4CN(Cc5ccccc5)CCN4C)n3c2)c1. The molecule has 2 aromatic carbocycles. The molecule has 1 saturated heterocycles. The quantitative estimate of drug-likeness (QED) is 0.479. The Kier molecular flexibility index (Phi) is 6.24. The van der Waals surface area contributed by atoms with E-state index in [0.29, 0.717) is 17.0 Å². The Morgan fingerprint density at radius 1 is 1.06 bits per heavy atom. The molecule has 1 fully saturated rings. The van der Waals surface area contributed by atoms with Crippen molar-refractivity contribution in [2.24, 2.45) is 0 Å². The van der Waals surface area contributed by atoms with Gasteiger partial charge in [0.05, 0.1) is 18.7 Å². The summed E-state index contributed by atoms with van der Waals surface area (Å²) < 4.78 is 7.19. The van der Waals surface area contributed by atoms with Gasteiger partial charge in [0.15, 0.2) is 11.5 Å². The highest BCUT2D eigenvalue weighted by molar-refractivity contribution is 6.04. The number of piperazine rings is 1. The van der Waals surface area contributed by atoms with E-state index in [9.17, 15) is 4.79 Å². The highest BCUT2D eigenvalue weighted by Crippen LogP contribution is 2.25. The molecule has 1 aliphatic heterocycles. The lowest BCUT2D eigenvalue weighted by atomic mass is 10.1. The van der Waals surface area contributed by atoms with Gasteiger partial charge in [-0.1, -0.05) is 36.4 Å². The van der Waals surface area contributed by atoms with Gasteiger partial charge in [0.2, 0.25) is 0 Å². The van der Waals surface area contributed by atoms with E-state index in [1.165, 1.54) is 5.56 Å². The topological polar surface area (TPSA) is 75.0 Å². The van der Waals surface area contributed by atoms with Gasteiger partial charge in [-0.3, -0.25) is 19.0 Å². The van der Waals surface area contributed by atoms with E-state index in [2.05, 4.69) is 56.6 Å². The number of rotatable bonds is 6. The number of hydrogen-bond donors (Lipinski definition) is 1. The average molecular weight is 457 g/mol. The fourth-order valence-corrected chi connectivity index (χ4v) is 4.37. The Hall–Kier alpha value is -3.75. The van der Waals surface area contributed by atoms with E-state index in [-0.39, 0.29) is 11.9 Å². The van der Waals surface area contributed by atoms with Gasteiger partial charge in [0, 0.05) is 44.1 Å². The van der Waals surface area contributed by atoms with E-state index in [1.54, 1.807) is 19.2 Å². The maximum absolute atomic E-state index is 13.0. The first kappa shape index (κ1) is 22.1. The summed E-state index contributed by atoms with van der Waals surface area (Å²) in [6.45, 7) is 3.66. The molecule has 3 heterocycles. The monoisotopic (exact) mass is 456 g/mol. The number of fused-ring (bicyclic) bond motifs is 1. The van der Waals surface area contributed by atoms with Crippen LogP contribution in [-0.4, -0.2) is 64.1 Å². The van der Waals surface area contributed by atoms with Crippen molar-refractivity contribution in [2.75, 3.05) is 39.1 Å². The molecule has 1 atom stereocenters. The first-order valence-corrected chi connectivity index (χ1v) is 11.4. The summed E-state index contributed by atoms with van der Waals surface area (Å²) in [5.74, 6) is 1.33. The average Bonchev–Trinajstić information content (AvgIpc) is 3.29. The molecule has 4 aromatic rings. The van der Waals surface area contributed by atoms with Gasteiger partial charge >= 0.3 is 0 Å². The van der Waals surface area contributed by atoms with E-state index in [0.717, 1.165) is 37.7 Å². The van der Waals surface area contributed by atoms with E-state index in [1.807, 2.05) is 40.9 Å². The number of benzene rings is 2. The fourth-order valence-electron chi connectivity index (χ4n) is 4.37. The van der Waals surface area contributed by atoms with Crippen LogP contribution in [0.5, 0.6) is 5.75 Å². The second-order valence-corrected chi connectivity index (χ2v) is 8.61. The zero-order valence-electron chi connectivity index (χ0n) is 19.4. The number of anilines is 1. The standard InChI is InChI=1S/C26H28N6O2/c1-30-13-14-31(16-19-7-4-3-5-8-19)18-23(30)25-29-28-24-12-11-20(17-32(24)25)26(33)27-21-9-6-10-22(15-21)34-2/h3-12,15,17,23H,13-14,16,18H2,1-2H3,(H,27,33). The maximum atomic E-state index is 13.0. The van der Waals surface area contributed by atoms with Crippen molar-refractivity contribution in [1.82, 2.24) is 24.4 Å². The minimum absolute atomic E-state index is 0.0733. The van der Waals surface area contributed by atoms with Gasteiger partial charge in [-0.2, -0.15) is 0 Å². The van der Waals surface area contributed by atoms with Crippen LogP contribution in [0.25, 0.3) is 5.65 Å². The molecule has 0 saturated carbocycles. The molecule has 8 heteroatoms. The fraction of sp³-hybridized carbons (Fsp3) is 0.269. The van der Waals surface area contributed by atoms with Crippen LogP contribution in [0.4, 0.5) is 5.69 Å². The summed E-state index contributed by atoms with van der Waals surface area (Å²) in [5, 5.41) is 11.8. The maximum Gasteiger partial charge on any atom is 0.257 e. The molecule has 1 aliphatic rings. The molecule has 1 N–H and O–H groups in total. The number of nitrogens with zero attached hydrogens (tertiary/aromatic N) is 5. The predicted octanol–water partition coefficient (Wildman–Crippen LogP) is 3.48. The Labute approximate surface area is 198 Å². The molecule has 0 radical (unpaired) electrons. The molecule has 1 unspecified atom stereocenters. The van der Waals surface area contributed by atoms with Crippen LogP contribution in [-0.2, 0) is 6.54 Å². The lowest BCUT2D eigenvalue weighted by Gasteiger charge is -2.38. The summed E-state index contributed by atoms with van der Waals surface area (Å²) in [5.41, 5.74) is 3.24. The molecule has 174 valence electrons. The number of carbonyl (C=O) groups is 1. The van der Waals surface area contributed by atoms with Crippen molar-refractivity contribution in [2.45, 2.75) is 12.6 Å². The Bertz CT molecular complexity index is 1290. The summed E-state index contributed by atoms with van der Waals surface area (Å²) in [4.78, 5) is 17.7. The lowest BCUT2D eigenvalue weighted by molar-refractivity contribution is 0.0852. The molecule has 8 nitrogen and oxygen atoms in total. The van der Waals surface area contributed by atoms with Gasteiger partial charge < -0.3 is 10.1 Å². The molecule has 1 amide bonds. The lowest BCUT2D eigenvalue weighted by Crippen LogP contribution is -2.46. The van der Waals surface area contributed by atoms with Crippen LogP contribution >= 0.6 is 0 Å². The first-order chi connectivity index (χ1) is 16.6. The molecule has 34 heavy (non-hydrogen) atoms. The zero-order valence-corrected chi connectivity index (χ0v) is 19.4. The minimum atomic E-state index is -0.197. The first-order valence-electron chi connectivity index (χ1n) is 11.4. The second-order valence-electron chi connectivity index (χ2n) is 8.61. The number of pyridine rings is 1. The number of aromatic nitrogens is 3. The number of carbonyl (C=O) groups excluding carboxylic acids is 1. The summed E-state index contributed by atoms with van der Waals surface area (Å²) in [7, 11) is 3.72. The minimum Gasteiger partial charge on any atom is -0.497 e. The van der Waals surface area contributed by atoms with Gasteiger partial charge in [0.25, 0.3) is 5.91 Å². The molecule has 0 aliphatic carbocycles. The van der Waals surface area contributed by atoms with Crippen molar-refractivity contribution < 1.29 is 9.53 Å². The van der Waals surface area contributed by atoms with Crippen LogP contribution in [0, 0.1) is 0 Å². The van der Waals surface area contributed by atoms with Crippen LogP contribution in [0.2, 0.25) is 0 Å². The van der Waals surface area contributed by atoms with E-state index >= 15 is 0 Å². The molecule has 0 bridgehead atoms. The van der Waals surface area contributed by atoms with Crippen LogP contribution in [0.3, 0.4) is 0 Å². The highest BCUT2D eigenvalue weighted by atomic mass is 16.5. The highest BCUT2D eigenvalue weighted by Gasteiger charge is 2.29. The van der Waals surface area contributed by atoms with Crippen molar-refractivity contribution in [3.05, 3.63) is 89.9 Å². The van der Waals surface area contributed by atoms with Gasteiger partial charge in [-0.05, 0) is 36.9 Å². The Morgan fingerprint density at radius 3 is 2.74 bits per heavy atom. The van der Waals surface area contributed by atoms with Crippen LogP contribution in [0.15, 0.2) is 72.9 Å². The molecule has 5 rings (SSSR count). The largest absolute Gasteiger partial charge is 0.497 e. The van der Waals surface area contributed by atoms with E-state index in [4.69, 9.17) is 4.74 Å². The van der Waals surface area contributed by atoms with Crippen molar-refractivity contribution in [3.8, 4) is 5.75 Å². The number of nitrogens with one attached hydrogen (secondary N) is 1. The smallest absolute Gasteiger partial charge is 0.257 e. The third-order valence-electron chi connectivity index (χ3n) is 6.30. The van der Waals surface area contributed by atoms with Crippen LogP contribution in [0.1, 0.15) is 27.8 Å². The van der Waals surface area contributed by atoms with Crippen LogP contribution < -0.4 is 10.1 Å². The van der Waals surface area contributed by atoms with Gasteiger partial charge in [0.1, 0.15) is 5.75 Å². The van der Waals surface area contributed by atoms with Gasteiger partial charge in [-0.15, -0.1) is 10.2 Å². The number of ether oxygens (including phenoxy) is 1. The zero-order chi connectivity index (χ0) is 23.5. The predicted molar refractivity (Wildman–Crippen MR) is 131 cm³/mol. The number of amides is 1. The van der Waals surface area contributed by atoms with Crippen molar-refractivity contribution >= 4 is 17.2 Å². The molecular formula is C26H28N6O2. The summed E-state index contributed by atoms with van der Waals surface area (Å²) in [6, 6.07) is 21.5. The third-order valence-corrected chi connectivity index (χ3v) is 6.30. The Balaban J connectivity index is 1.38. The number of hydrogen-bond acceptors (Lipinski definition) is 6. The van der Waals surface area contributed by atoms with Gasteiger partial charge in [-0.25, -0.2) is 0 Å². The molecular weight excluding hydrogens is 428 g/mol. The third kappa shape index (κ3) is 4.64. The molecule has 2 aromatic heterocycles. The van der Waals surface area contributed by atoms with Crippen molar-refractivity contribution in [3.63, 3.8) is 0 Å². The number of methoxy groups -OCH3 is 1. The van der Waals surface area contributed by atoms with Crippen molar-refractivity contribution in [1.29, 1.82) is 0 Å². The number of likely N-dealkylation sites (N-methyl/N-ethyl adjacent to an activating group) is 1. The second kappa shape index (κ2) is 9.62. The summed E-state index contributed by atoms with van der Waals surface area (Å²) >= 11 is 0. The van der Waals surface area contributed by atoms with E-state index < -0.39 is 0 Å². The molecule has 0 spiro atoms. The normalized spacial score (nSPS) is 17.1. The summed E-state index contributed by atoms with van der Waals surface area (Å²) in [6.07, 6.45) is 1.82. The Morgan fingerprint density at radius 2 is 1.91 bits per heavy atom.